The summed E-state index contributed by atoms with van der Waals surface area (Å²) in [6, 6.07) is 5.71. The molecule has 1 rings (SSSR count). The van der Waals surface area contributed by atoms with Crippen molar-refractivity contribution in [3.63, 3.8) is 0 Å². The first kappa shape index (κ1) is 13.8. The first-order valence-corrected chi connectivity index (χ1v) is 6.23. The normalized spacial score (nSPS) is 11.1. The molecule has 0 aliphatic rings. The summed E-state index contributed by atoms with van der Waals surface area (Å²) in [4.78, 5) is 2.26. The molecule has 90 valence electrons. The van der Waals surface area contributed by atoms with Crippen molar-refractivity contribution in [2.24, 2.45) is 0 Å². The van der Waals surface area contributed by atoms with E-state index in [0.29, 0.717) is 10.0 Å². The molecular weight excluding hydrogens is 243 g/mol. The van der Waals surface area contributed by atoms with Gasteiger partial charge in [-0.15, -0.1) is 0 Å². The molecular formula is C12H18Cl2N2. The highest BCUT2D eigenvalue weighted by Crippen LogP contribution is 2.25. The van der Waals surface area contributed by atoms with Crippen molar-refractivity contribution < 1.29 is 0 Å². The summed E-state index contributed by atoms with van der Waals surface area (Å²) in [5.41, 5.74) is 1.05. The number of benzene rings is 1. The van der Waals surface area contributed by atoms with Gasteiger partial charge >= 0.3 is 0 Å². The first-order chi connectivity index (χ1) is 7.65. The highest BCUT2D eigenvalue weighted by molar-refractivity contribution is 6.42. The highest BCUT2D eigenvalue weighted by Gasteiger charge is 2.03. The van der Waals surface area contributed by atoms with Gasteiger partial charge in [0.05, 0.1) is 10.0 Å². The van der Waals surface area contributed by atoms with Crippen LogP contribution in [0.3, 0.4) is 0 Å². The van der Waals surface area contributed by atoms with Gasteiger partial charge in [0, 0.05) is 19.6 Å². The molecule has 4 heteroatoms. The lowest BCUT2D eigenvalue weighted by molar-refractivity contribution is 0.349. The molecule has 16 heavy (non-hydrogen) atoms. The molecule has 0 unspecified atom stereocenters. The highest BCUT2D eigenvalue weighted by atomic mass is 35.5. The Morgan fingerprint density at radius 1 is 1.31 bits per heavy atom. The Morgan fingerprint density at radius 2 is 2.06 bits per heavy atom. The summed E-state index contributed by atoms with van der Waals surface area (Å²) in [6.45, 7) is 5.96. The Labute approximate surface area is 108 Å². The third kappa shape index (κ3) is 4.30. The average Bonchev–Trinajstić information content (AvgIpc) is 2.29. The molecule has 1 aromatic rings. The van der Waals surface area contributed by atoms with E-state index < -0.39 is 0 Å². The Morgan fingerprint density at radius 3 is 2.75 bits per heavy atom. The third-order valence-electron chi connectivity index (χ3n) is 2.56. The maximum Gasteiger partial charge on any atom is 0.0637 e. The predicted molar refractivity (Wildman–Crippen MR) is 71.3 cm³/mol. The van der Waals surface area contributed by atoms with Crippen LogP contribution in [0.4, 0.5) is 0 Å². The molecule has 1 aromatic carbocycles. The minimum Gasteiger partial charge on any atom is -0.311 e. The molecule has 0 aliphatic heterocycles. The van der Waals surface area contributed by atoms with Crippen LogP contribution in [0.15, 0.2) is 18.2 Å². The van der Waals surface area contributed by atoms with Gasteiger partial charge in [-0.1, -0.05) is 42.3 Å². The second kappa shape index (κ2) is 7.13. The molecule has 0 fully saturated rings. The van der Waals surface area contributed by atoms with Crippen molar-refractivity contribution in [1.82, 2.24) is 10.2 Å². The number of rotatable bonds is 6. The summed E-state index contributed by atoms with van der Waals surface area (Å²) < 4.78 is 0. The lowest BCUT2D eigenvalue weighted by Crippen LogP contribution is -2.28. The molecule has 0 bridgehead atoms. The summed E-state index contributed by atoms with van der Waals surface area (Å²) in [6.07, 6.45) is 0. The zero-order valence-electron chi connectivity index (χ0n) is 9.76. The second-order valence-electron chi connectivity index (χ2n) is 3.79. The SMILES string of the molecule is CCN(C)CCNCc1cccc(Cl)c1Cl. The van der Waals surface area contributed by atoms with Crippen molar-refractivity contribution in [3.8, 4) is 0 Å². The van der Waals surface area contributed by atoms with Crippen molar-refractivity contribution in [2.45, 2.75) is 13.5 Å². The topological polar surface area (TPSA) is 15.3 Å². The molecule has 0 amide bonds. The molecule has 0 atom stereocenters. The zero-order valence-corrected chi connectivity index (χ0v) is 11.3. The van der Waals surface area contributed by atoms with E-state index in [1.165, 1.54) is 0 Å². The van der Waals surface area contributed by atoms with Gasteiger partial charge < -0.3 is 10.2 Å². The van der Waals surface area contributed by atoms with E-state index in [9.17, 15) is 0 Å². The van der Waals surface area contributed by atoms with E-state index >= 15 is 0 Å². The van der Waals surface area contributed by atoms with E-state index in [-0.39, 0.29) is 0 Å². The molecule has 0 radical (unpaired) electrons. The minimum atomic E-state index is 0.617. The van der Waals surface area contributed by atoms with Crippen LogP contribution < -0.4 is 5.32 Å². The fourth-order valence-corrected chi connectivity index (χ4v) is 1.72. The van der Waals surface area contributed by atoms with Gasteiger partial charge in [-0.2, -0.15) is 0 Å². The second-order valence-corrected chi connectivity index (χ2v) is 4.57. The summed E-state index contributed by atoms with van der Waals surface area (Å²) >= 11 is 12.0. The van der Waals surface area contributed by atoms with Crippen LogP contribution in [-0.2, 0) is 6.54 Å². The van der Waals surface area contributed by atoms with Crippen molar-refractivity contribution in [3.05, 3.63) is 33.8 Å². The number of nitrogens with zero attached hydrogens (tertiary/aromatic N) is 1. The van der Waals surface area contributed by atoms with Crippen molar-refractivity contribution >= 4 is 23.2 Å². The van der Waals surface area contributed by atoms with Gasteiger partial charge in [0.1, 0.15) is 0 Å². The van der Waals surface area contributed by atoms with Gasteiger partial charge in [0.25, 0.3) is 0 Å². The Hall–Kier alpha value is -0.280. The Kier molecular flexibility index (Phi) is 6.14. The average molecular weight is 261 g/mol. The van der Waals surface area contributed by atoms with Crippen LogP contribution in [0, 0.1) is 0 Å². The number of likely N-dealkylation sites (N-methyl/N-ethyl adjacent to an activating group) is 1. The van der Waals surface area contributed by atoms with Crippen LogP contribution >= 0.6 is 23.2 Å². The lowest BCUT2D eigenvalue weighted by Gasteiger charge is -2.14. The molecule has 0 aliphatic carbocycles. The fourth-order valence-electron chi connectivity index (χ4n) is 1.34. The molecule has 0 spiro atoms. The van der Waals surface area contributed by atoms with E-state index in [4.69, 9.17) is 23.2 Å². The number of hydrogen-bond acceptors (Lipinski definition) is 2. The maximum atomic E-state index is 6.08. The van der Waals surface area contributed by atoms with Crippen LogP contribution in [0.25, 0.3) is 0 Å². The van der Waals surface area contributed by atoms with Gasteiger partial charge in [-0.05, 0) is 25.2 Å². The van der Waals surface area contributed by atoms with E-state index in [0.717, 1.165) is 31.7 Å². The van der Waals surface area contributed by atoms with Gasteiger partial charge in [0.2, 0.25) is 0 Å². The quantitative estimate of drug-likeness (QED) is 0.792. The van der Waals surface area contributed by atoms with E-state index in [1.54, 1.807) is 6.07 Å². The van der Waals surface area contributed by atoms with E-state index in [2.05, 4.69) is 24.2 Å². The number of halogens is 2. The first-order valence-electron chi connectivity index (χ1n) is 5.47. The van der Waals surface area contributed by atoms with Crippen LogP contribution in [0.2, 0.25) is 10.0 Å². The third-order valence-corrected chi connectivity index (χ3v) is 3.42. The number of hydrogen-bond donors (Lipinski definition) is 1. The summed E-state index contributed by atoms with van der Waals surface area (Å²) in [7, 11) is 2.11. The molecule has 0 saturated carbocycles. The fraction of sp³-hybridized carbons (Fsp3) is 0.500. The van der Waals surface area contributed by atoms with E-state index in [1.807, 2.05) is 12.1 Å². The maximum absolute atomic E-state index is 6.08. The van der Waals surface area contributed by atoms with Crippen LogP contribution in [0.1, 0.15) is 12.5 Å². The Bertz CT molecular complexity index is 329. The smallest absolute Gasteiger partial charge is 0.0637 e. The Balaban J connectivity index is 2.35. The van der Waals surface area contributed by atoms with Crippen LogP contribution in [0.5, 0.6) is 0 Å². The van der Waals surface area contributed by atoms with Gasteiger partial charge in [-0.3, -0.25) is 0 Å². The predicted octanol–water partition coefficient (Wildman–Crippen LogP) is 3.03. The van der Waals surface area contributed by atoms with Gasteiger partial charge in [0.15, 0.2) is 0 Å². The van der Waals surface area contributed by atoms with Crippen molar-refractivity contribution in [1.29, 1.82) is 0 Å². The lowest BCUT2D eigenvalue weighted by atomic mass is 10.2. The number of nitrogens with one attached hydrogen (secondary N) is 1. The molecule has 0 saturated heterocycles. The van der Waals surface area contributed by atoms with Crippen molar-refractivity contribution in [2.75, 3.05) is 26.7 Å². The minimum absolute atomic E-state index is 0.617. The molecule has 0 aromatic heterocycles. The largest absolute Gasteiger partial charge is 0.311 e. The molecule has 1 N–H and O–H groups in total. The van der Waals surface area contributed by atoms with Gasteiger partial charge in [-0.25, -0.2) is 0 Å². The molecule has 0 heterocycles. The standard InChI is InChI=1S/C12H18Cl2N2/c1-3-16(2)8-7-15-9-10-5-4-6-11(13)12(10)14/h4-6,15H,3,7-9H2,1-2H3. The molecule has 2 nitrogen and oxygen atoms in total. The zero-order chi connectivity index (χ0) is 12.0. The monoisotopic (exact) mass is 260 g/mol. The summed E-state index contributed by atoms with van der Waals surface area (Å²) in [5.74, 6) is 0. The summed E-state index contributed by atoms with van der Waals surface area (Å²) in [5, 5.41) is 4.62. The van der Waals surface area contributed by atoms with Crippen LogP contribution in [-0.4, -0.2) is 31.6 Å².